The van der Waals surface area contributed by atoms with Crippen molar-refractivity contribution < 1.29 is 4.74 Å². The third kappa shape index (κ3) is 4.71. The summed E-state index contributed by atoms with van der Waals surface area (Å²) < 4.78 is 6.36. The number of ether oxygens (including phenoxy) is 1. The first kappa shape index (κ1) is 20.6. The minimum Gasteiger partial charge on any atom is -0.497 e. The lowest BCUT2D eigenvalue weighted by atomic mass is 9.98. The minimum atomic E-state index is 0.0327. The maximum absolute atomic E-state index is 5.74. The average Bonchev–Trinajstić information content (AvgIpc) is 3.24. The smallest absolute Gasteiger partial charge is 0.190 e. The number of rotatable bonds is 5. The van der Waals surface area contributed by atoms with Gasteiger partial charge in [0.15, 0.2) is 5.11 Å². The van der Waals surface area contributed by atoms with Gasteiger partial charge in [-0.1, -0.05) is 70.5 Å². The van der Waals surface area contributed by atoms with Crippen LogP contribution >= 0.6 is 28.1 Å². The molecule has 152 valence electrons. The van der Waals surface area contributed by atoms with Crippen LogP contribution in [0.25, 0.3) is 0 Å². The minimum absolute atomic E-state index is 0.0327. The molecule has 0 saturated carbocycles. The summed E-state index contributed by atoms with van der Waals surface area (Å²) >= 11 is 9.24. The number of hydrogen-bond donors (Lipinski definition) is 1. The van der Waals surface area contributed by atoms with E-state index < -0.39 is 0 Å². The molecule has 3 aromatic rings. The van der Waals surface area contributed by atoms with Crippen molar-refractivity contribution in [2.75, 3.05) is 7.11 Å². The van der Waals surface area contributed by atoms with E-state index in [0.717, 1.165) is 33.5 Å². The van der Waals surface area contributed by atoms with E-state index in [0.29, 0.717) is 11.7 Å². The van der Waals surface area contributed by atoms with Crippen LogP contribution in [-0.4, -0.2) is 22.9 Å². The standard InChI is InChI=1S/C24H22BrN3OS/c1-29-21-13-9-19(10-14-21)23-15-22(18-7-11-20(25)12-8-18)27-28(23)24(30)26-16-17-5-3-2-4-6-17/h2-14,23H,15-16H2,1H3,(H,26,30)/t23-/m1/s1. The highest BCUT2D eigenvalue weighted by atomic mass is 79.9. The molecular formula is C24H22BrN3OS. The summed E-state index contributed by atoms with van der Waals surface area (Å²) in [6, 6.07) is 26.6. The summed E-state index contributed by atoms with van der Waals surface area (Å²) in [4.78, 5) is 0. The molecule has 1 N–H and O–H groups in total. The zero-order valence-electron chi connectivity index (χ0n) is 16.6. The quantitative estimate of drug-likeness (QED) is 0.477. The van der Waals surface area contributed by atoms with Gasteiger partial charge in [-0.05, 0) is 53.2 Å². The fraction of sp³-hybridized carbons (Fsp3) is 0.167. The zero-order valence-corrected chi connectivity index (χ0v) is 19.0. The van der Waals surface area contributed by atoms with Gasteiger partial charge in [0.2, 0.25) is 0 Å². The first-order chi connectivity index (χ1) is 14.6. The van der Waals surface area contributed by atoms with Gasteiger partial charge in [-0.15, -0.1) is 0 Å². The van der Waals surface area contributed by atoms with Crippen LogP contribution in [0.1, 0.15) is 29.2 Å². The van der Waals surface area contributed by atoms with Crippen LogP contribution in [0.5, 0.6) is 5.75 Å². The number of thiocarbonyl (C=S) groups is 1. The normalized spacial score (nSPS) is 15.6. The molecule has 4 nitrogen and oxygen atoms in total. The molecule has 0 fully saturated rings. The number of hydrazone groups is 1. The maximum Gasteiger partial charge on any atom is 0.190 e. The zero-order chi connectivity index (χ0) is 20.9. The lowest BCUT2D eigenvalue weighted by Crippen LogP contribution is -2.36. The van der Waals surface area contributed by atoms with Gasteiger partial charge < -0.3 is 10.1 Å². The van der Waals surface area contributed by atoms with Crippen LogP contribution in [0.3, 0.4) is 0 Å². The fourth-order valence-corrected chi connectivity index (χ4v) is 3.96. The number of nitrogens with zero attached hydrogens (tertiary/aromatic N) is 2. The van der Waals surface area contributed by atoms with Crippen molar-refractivity contribution in [1.29, 1.82) is 0 Å². The number of hydrogen-bond acceptors (Lipinski definition) is 3. The predicted molar refractivity (Wildman–Crippen MR) is 129 cm³/mol. The summed E-state index contributed by atoms with van der Waals surface area (Å²) in [7, 11) is 1.67. The number of benzene rings is 3. The Kier molecular flexibility index (Phi) is 6.45. The van der Waals surface area contributed by atoms with Crippen LogP contribution in [0.15, 0.2) is 88.4 Å². The van der Waals surface area contributed by atoms with E-state index in [-0.39, 0.29) is 6.04 Å². The van der Waals surface area contributed by atoms with Crippen molar-refractivity contribution in [1.82, 2.24) is 10.3 Å². The van der Waals surface area contributed by atoms with Gasteiger partial charge >= 0.3 is 0 Å². The van der Waals surface area contributed by atoms with Crippen molar-refractivity contribution in [3.05, 3.63) is 100 Å². The number of halogens is 1. The molecule has 4 rings (SSSR count). The maximum atomic E-state index is 5.74. The van der Waals surface area contributed by atoms with Crippen molar-refractivity contribution in [3.63, 3.8) is 0 Å². The molecular weight excluding hydrogens is 458 g/mol. The summed E-state index contributed by atoms with van der Waals surface area (Å²) in [6.45, 7) is 0.661. The molecule has 1 atom stereocenters. The highest BCUT2D eigenvalue weighted by molar-refractivity contribution is 9.10. The van der Waals surface area contributed by atoms with Crippen LogP contribution in [0.2, 0.25) is 0 Å². The summed E-state index contributed by atoms with van der Waals surface area (Å²) in [5.41, 5.74) is 4.45. The molecule has 1 heterocycles. The molecule has 0 spiro atoms. The fourth-order valence-electron chi connectivity index (χ4n) is 3.45. The Labute approximate surface area is 190 Å². The SMILES string of the molecule is COc1ccc([C@H]2CC(c3ccc(Br)cc3)=NN2C(=S)NCc2ccccc2)cc1. The molecule has 30 heavy (non-hydrogen) atoms. The second kappa shape index (κ2) is 9.41. The van der Waals surface area contributed by atoms with Gasteiger partial charge in [-0.3, -0.25) is 0 Å². The second-order valence-corrected chi connectivity index (χ2v) is 8.34. The molecule has 3 aromatic carbocycles. The Hall–Kier alpha value is -2.70. The van der Waals surface area contributed by atoms with E-state index in [1.807, 2.05) is 47.5 Å². The van der Waals surface area contributed by atoms with Crippen LogP contribution in [0.4, 0.5) is 0 Å². The molecule has 0 unspecified atom stereocenters. The van der Waals surface area contributed by atoms with E-state index in [4.69, 9.17) is 22.1 Å². The number of nitrogens with one attached hydrogen (secondary N) is 1. The van der Waals surface area contributed by atoms with Crippen molar-refractivity contribution in [2.45, 2.75) is 19.0 Å². The lowest BCUT2D eigenvalue weighted by Gasteiger charge is -2.25. The average molecular weight is 480 g/mol. The van der Waals surface area contributed by atoms with Crippen LogP contribution in [-0.2, 0) is 6.54 Å². The largest absolute Gasteiger partial charge is 0.497 e. The van der Waals surface area contributed by atoms with Crippen molar-refractivity contribution >= 4 is 39.0 Å². The first-order valence-electron chi connectivity index (χ1n) is 9.72. The Morgan fingerprint density at radius 2 is 1.77 bits per heavy atom. The Morgan fingerprint density at radius 3 is 2.43 bits per heavy atom. The predicted octanol–water partition coefficient (Wildman–Crippen LogP) is 5.68. The lowest BCUT2D eigenvalue weighted by molar-refractivity contribution is 0.363. The second-order valence-electron chi connectivity index (χ2n) is 7.04. The van der Waals surface area contributed by atoms with Gasteiger partial charge in [-0.25, -0.2) is 5.01 Å². The molecule has 0 radical (unpaired) electrons. The van der Waals surface area contributed by atoms with Crippen molar-refractivity contribution in [2.24, 2.45) is 5.10 Å². The molecule has 1 aliphatic rings. The third-order valence-electron chi connectivity index (χ3n) is 5.08. The topological polar surface area (TPSA) is 36.9 Å². The van der Waals surface area contributed by atoms with Gasteiger partial charge in [0, 0.05) is 17.4 Å². The molecule has 0 aromatic heterocycles. The molecule has 0 amide bonds. The van der Waals surface area contributed by atoms with Gasteiger partial charge in [-0.2, -0.15) is 5.10 Å². The van der Waals surface area contributed by atoms with E-state index >= 15 is 0 Å². The summed E-state index contributed by atoms with van der Waals surface area (Å²) in [5.74, 6) is 0.835. The van der Waals surface area contributed by atoms with E-state index in [1.165, 1.54) is 5.56 Å². The van der Waals surface area contributed by atoms with E-state index in [2.05, 4.69) is 57.6 Å². The van der Waals surface area contributed by atoms with Crippen molar-refractivity contribution in [3.8, 4) is 5.75 Å². The molecule has 0 saturated heterocycles. The molecule has 6 heteroatoms. The first-order valence-corrected chi connectivity index (χ1v) is 10.9. The van der Waals surface area contributed by atoms with Crippen LogP contribution in [0, 0.1) is 0 Å². The Bertz CT molecular complexity index is 1040. The van der Waals surface area contributed by atoms with Gasteiger partial charge in [0.05, 0.1) is 18.9 Å². The molecule has 0 bridgehead atoms. The molecule has 0 aliphatic carbocycles. The summed E-state index contributed by atoms with van der Waals surface area (Å²) in [6.07, 6.45) is 0.779. The highest BCUT2D eigenvalue weighted by Gasteiger charge is 2.31. The van der Waals surface area contributed by atoms with E-state index in [9.17, 15) is 0 Å². The number of methoxy groups -OCH3 is 1. The Balaban J connectivity index is 1.58. The Morgan fingerprint density at radius 1 is 1.07 bits per heavy atom. The van der Waals surface area contributed by atoms with E-state index in [1.54, 1.807) is 7.11 Å². The van der Waals surface area contributed by atoms with Gasteiger partial charge in [0.25, 0.3) is 0 Å². The van der Waals surface area contributed by atoms with Crippen LogP contribution < -0.4 is 10.1 Å². The summed E-state index contributed by atoms with van der Waals surface area (Å²) in [5, 5.41) is 10.8. The monoisotopic (exact) mass is 479 g/mol. The molecule has 1 aliphatic heterocycles. The highest BCUT2D eigenvalue weighted by Crippen LogP contribution is 2.34. The van der Waals surface area contributed by atoms with Gasteiger partial charge in [0.1, 0.15) is 5.75 Å². The third-order valence-corrected chi connectivity index (χ3v) is 5.94.